The van der Waals surface area contributed by atoms with Gasteiger partial charge in [0.25, 0.3) is 0 Å². The van der Waals surface area contributed by atoms with Crippen molar-refractivity contribution in [1.29, 1.82) is 0 Å². The molecule has 0 aromatic rings. The van der Waals surface area contributed by atoms with E-state index in [-0.39, 0.29) is 12.6 Å². The Morgan fingerprint density at radius 2 is 1.24 bits per heavy atom. The summed E-state index contributed by atoms with van der Waals surface area (Å²) in [5.41, 5.74) is 0. The fraction of sp³-hybridized carbons (Fsp3) is 0.966. The van der Waals surface area contributed by atoms with Gasteiger partial charge in [-0.25, -0.2) is 0 Å². The van der Waals surface area contributed by atoms with Crippen LogP contribution in [0.2, 0.25) is 0 Å². The average Bonchev–Trinajstić information content (AvgIpc) is 2.84. The van der Waals surface area contributed by atoms with Crippen molar-refractivity contribution in [3.05, 3.63) is 0 Å². The standard InChI is InChI=1S/C29H58O5/c1-4-5-6-15-20-26(2)21-16-13-11-9-7-8-10-12-14-17-22-27(31)28(25-30)34-24-19-18-23-29(32)33-3/h26-28,30-31H,4-25H2,1-3H3/t26-,27?,28?/m0/s1. The van der Waals surface area contributed by atoms with Crippen molar-refractivity contribution < 1.29 is 24.5 Å². The van der Waals surface area contributed by atoms with Crippen molar-refractivity contribution in [2.75, 3.05) is 20.3 Å². The molecule has 3 atom stereocenters. The van der Waals surface area contributed by atoms with Crippen LogP contribution in [-0.2, 0) is 14.3 Å². The number of carbonyl (C=O) groups is 1. The lowest BCUT2D eigenvalue weighted by Gasteiger charge is -2.21. The molecule has 2 unspecified atom stereocenters. The zero-order valence-corrected chi connectivity index (χ0v) is 22.9. The monoisotopic (exact) mass is 486 g/mol. The maximum atomic E-state index is 11.1. The van der Waals surface area contributed by atoms with Crippen LogP contribution in [0.4, 0.5) is 0 Å². The fourth-order valence-electron chi connectivity index (χ4n) is 4.50. The van der Waals surface area contributed by atoms with E-state index in [9.17, 15) is 15.0 Å². The highest BCUT2D eigenvalue weighted by molar-refractivity contribution is 5.68. The Bertz CT molecular complexity index is 429. The highest BCUT2D eigenvalue weighted by atomic mass is 16.5. The van der Waals surface area contributed by atoms with E-state index in [1.165, 1.54) is 97.0 Å². The van der Waals surface area contributed by atoms with Gasteiger partial charge in [-0.05, 0) is 25.2 Å². The van der Waals surface area contributed by atoms with Gasteiger partial charge >= 0.3 is 5.97 Å². The number of hydrogen-bond acceptors (Lipinski definition) is 5. The lowest BCUT2D eigenvalue weighted by Crippen LogP contribution is -2.32. The van der Waals surface area contributed by atoms with E-state index < -0.39 is 12.2 Å². The van der Waals surface area contributed by atoms with Gasteiger partial charge in [0.1, 0.15) is 6.10 Å². The number of rotatable bonds is 26. The molecule has 5 heteroatoms. The molecule has 0 aliphatic carbocycles. The van der Waals surface area contributed by atoms with Crippen molar-refractivity contribution in [3.63, 3.8) is 0 Å². The summed E-state index contributed by atoms with van der Waals surface area (Å²) in [6, 6.07) is 0. The largest absolute Gasteiger partial charge is 0.469 e. The van der Waals surface area contributed by atoms with Gasteiger partial charge in [-0.15, -0.1) is 0 Å². The van der Waals surface area contributed by atoms with Crippen molar-refractivity contribution in [2.24, 2.45) is 5.92 Å². The van der Waals surface area contributed by atoms with Gasteiger partial charge in [0.05, 0.1) is 19.8 Å². The van der Waals surface area contributed by atoms with Gasteiger partial charge < -0.3 is 19.7 Å². The Hall–Kier alpha value is -0.650. The third-order valence-corrected chi connectivity index (χ3v) is 6.94. The minimum Gasteiger partial charge on any atom is -0.469 e. The number of aliphatic hydroxyl groups is 2. The molecule has 0 fully saturated rings. The van der Waals surface area contributed by atoms with Crippen LogP contribution < -0.4 is 0 Å². The zero-order valence-electron chi connectivity index (χ0n) is 22.9. The Labute approximate surface area is 211 Å². The molecule has 0 aliphatic heterocycles. The number of hydrogen-bond donors (Lipinski definition) is 2. The fourth-order valence-corrected chi connectivity index (χ4v) is 4.50. The summed E-state index contributed by atoms with van der Waals surface area (Å²) in [7, 11) is 1.39. The molecule has 0 radical (unpaired) electrons. The molecule has 0 aromatic heterocycles. The predicted molar refractivity (Wildman–Crippen MR) is 142 cm³/mol. The second-order valence-corrected chi connectivity index (χ2v) is 10.3. The molecular weight excluding hydrogens is 428 g/mol. The third-order valence-electron chi connectivity index (χ3n) is 6.94. The first-order valence-corrected chi connectivity index (χ1v) is 14.5. The summed E-state index contributed by atoms with van der Waals surface area (Å²) < 4.78 is 10.2. The molecule has 2 N–H and O–H groups in total. The van der Waals surface area contributed by atoms with Gasteiger partial charge in [-0.3, -0.25) is 4.79 Å². The van der Waals surface area contributed by atoms with Crippen LogP contribution in [0.3, 0.4) is 0 Å². The van der Waals surface area contributed by atoms with E-state index in [1.54, 1.807) is 0 Å². The third kappa shape index (κ3) is 21.9. The minimum atomic E-state index is -0.621. The van der Waals surface area contributed by atoms with Crippen LogP contribution in [0.5, 0.6) is 0 Å². The lowest BCUT2D eigenvalue weighted by molar-refractivity contribution is -0.140. The van der Waals surface area contributed by atoms with Gasteiger partial charge in [0.15, 0.2) is 0 Å². The summed E-state index contributed by atoms with van der Waals surface area (Å²) in [6.07, 6.45) is 22.6. The molecule has 0 rings (SSSR count). The summed E-state index contributed by atoms with van der Waals surface area (Å²) >= 11 is 0. The van der Waals surface area contributed by atoms with Crippen LogP contribution in [0.25, 0.3) is 0 Å². The summed E-state index contributed by atoms with van der Waals surface area (Å²) in [5.74, 6) is 0.694. The van der Waals surface area contributed by atoms with Gasteiger partial charge in [0, 0.05) is 13.0 Å². The van der Waals surface area contributed by atoms with Crippen LogP contribution in [0.15, 0.2) is 0 Å². The van der Waals surface area contributed by atoms with Crippen LogP contribution in [-0.4, -0.2) is 48.7 Å². The van der Waals surface area contributed by atoms with Crippen molar-refractivity contribution >= 4 is 5.97 Å². The maximum Gasteiger partial charge on any atom is 0.305 e. The van der Waals surface area contributed by atoms with E-state index in [2.05, 4.69) is 18.6 Å². The summed E-state index contributed by atoms with van der Waals surface area (Å²) in [6.45, 7) is 4.98. The van der Waals surface area contributed by atoms with E-state index in [4.69, 9.17) is 4.74 Å². The Kier molecular flexibility index (Phi) is 25.0. The minimum absolute atomic E-state index is 0.171. The topological polar surface area (TPSA) is 76.0 Å². The normalized spacial score (nSPS) is 14.1. The number of methoxy groups -OCH3 is 1. The highest BCUT2D eigenvalue weighted by Crippen LogP contribution is 2.19. The molecule has 0 aliphatic rings. The molecule has 0 spiro atoms. The molecule has 0 heterocycles. The molecule has 204 valence electrons. The SMILES string of the molecule is CCCCCC[C@H](C)CCCCCCCCCCCCC(O)C(CO)OCCCCC(=O)OC. The van der Waals surface area contributed by atoms with Crippen LogP contribution in [0, 0.1) is 5.92 Å². The van der Waals surface area contributed by atoms with Crippen molar-refractivity contribution in [3.8, 4) is 0 Å². The number of unbranched alkanes of at least 4 members (excludes halogenated alkanes) is 13. The number of ether oxygens (including phenoxy) is 2. The summed E-state index contributed by atoms with van der Waals surface area (Å²) in [4.78, 5) is 11.1. The number of esters is 1. The molecule has 0 amide bonds. The molecular formula is C29H58O5. The van der Waals surface area contributed by atoms with Crippen molar-refractivity contribution in [1.82, 2.24) is 0 Å². The first-order valence-electron chi connectivity index (χ1n) is 14.5. The van der Waals surface area contributed by atoms with E-state index in [0.29, 0.717) is 25.9 Å². The Balaban J connectivity index is 3.46. The molecule has 0 aromatic carbocycles. The van der Waals surface area contributed by atoms with Gasteiger partial charge in [-0.2, -0.15) is 0 Å². The summed E-state index contributed by atoms with van der Waals surface area (Å²) in [5, 5.41) is 19.8. The van der Waals surface area contributed by atoms with Crippen LogP contribution >= 0.6 is 0 Å². The Morgan fingerprint density at radius 3 is 1.74 bits per heavy atom. The van der Waals surface area contributed by atoms with Gasteiger partial charge in [0.2, 0.25) is 0 Å². The zero-order chi connectivity index (χ0) is 25.3. The maximum absolute atomic E-state index is 11.1. The quantitative estimate of drug-likeness (QED) is 0.0987. The molecule has 5 nitrogen and oxygen atoms in total. The average molecular weight is 487 g/mol. The molecule has 0 saturated heterocycles. The first kappa shape index (κ1) is 33.4. The van der Waals surface area contributed by atoms with Crippen LogP contribution in [0.1, 0.15) is 142 Å². The van der Waals surface area contributed by atoms with Crippen molar-refractivity contribution in [2.45, 2.75) is 154 Å². The van der Waals surface area contributed by atoms with E-state index in [0.717, 1.165) is 25.2 Å². The van der Waals surface area contributed by atoms with E-state index in [1.807, 2.05) is 0 Å². The highest BCUT2D eigenvalue weighted by Gasteiger charge is 2.18. The molecule has 0 saturated carbocycles. The predicted octanol–water partition coefficient (Wildman–Crippen LogP) is 7.36. The van der Waals surface area contributed by atoms with Gasteiger partial charge in [-0.1, -0.05) is 117 Å². The van der Waals surface area contributed by atoms with E-state index >= 15 is 0 Å². The lowest BCUT2D eigenvalue weighted by atomic mass is 9.96. The second-order valence-electron chi connectivity index (χ2n) is 10.3. The number of carbonyl (C=O) groups excluding carboxylic acids is 1. The number of aliphatic hydroxyl groups excluding tert-OH is 2. The molecule has 0 bridgehead atoms. The first-order chi connectivity index (χ1) is 16.5. The second kappa shape index (κ2) is 25.4. The Morgan fingerprint density at radius 1 is 0.735 bits per heavy atom. The smallest absolute Gasteiger partial charge is 0.305 e. The molecule has 34 heavy (non-hydrogen) atoms.